The van der Waals surface area contributed by atoms with Crippen LogP contribution in [-0.4, -0.2) is 84.7 Å². The molecule has 1 fully saturated rings. The number of hydrogen-bond acceptors (Lipinski definition) is 12. The summed E-state index contributed by atoms with van der Waals surface area (Å²) in [4.78, 5) is 25.0. The monoisotopic (exact) mass is 492 g/mol. The lowest BCUT2D eigenvalue weighted by Crippen LogP contribution is -2.58. The van der Waals surface area contributed by atoms with Gasteiger partial charge >= 0.3 is 11.9 Å². The summed E-state index contributed by atoms with van der Waals surface area (Å²) < 4.78 is 31.6. The van der Waals surface area contributed by atoms with Crippen molar-refractivity contribution in [3.8, 4) is 28.7 Å². The van der Waals surface area contributed by atoms with Crippen molar-refractivity contribution >= 4 is 11.9 Å². The molecule has 5 atom stereocenters. The Labute approximate surface area is 199 Å². The Hall–Kier alpha value is -3.74. The third kappa shape index (κ3) is 4.16. The Balaban J connectivity index is 1.58. The van der Waals surface area contributed by atoms with Crippen molar-refractivity contribution in [2.75, 3.05) is 27.9 Å². The minimum absolute atomic E-state index is 0.0944. The van der Waals surface area contributed by atoms with Crippen LogP contribution >= 0.6 is 0 Å². The Bertz CT molecular complexity index is 1150. The first-order valence-corrected chi connectivity index (χ1v) is 10.5. The van der Waals surface area contributed by atoms with E-state index in [2.05, 4.69) is 0 Å². The predicted molar refractivity (Wildman–Crippen MR) is 115 cm³/mol. The van der Waals surface area contributed by atoms with Gasteiger partial charge in [-0.1, -0.05) is 0 Å². The molecule has 2 aromatic carbocycles. The van der Waals surface area contributed by atoms with E-state index in [0.717, 1.165) is 6.07 Å². The molecule has 35 heavy (non-hydrogen) atoms. The largest absolute Gasteiger partial charge is 0.504 e. The Morgan fingerprint density at radius 1 is 1.00 bits per heavy atom. The van der Waals surface area contributed by atoms with Crippen LogP contribution in [0.25, 0.3) is 0 Å². The van der Waals surface area contributed by atoms with E-state index in [0.29, 0.717) is 11.5 Å². The van der Waals surface area contributed by atoms with Crippen LogP contribution in [0, 0.1) is 0 Å². The first-order valence-electron chi connectivity index (χ1n) is 10.5. The highest BCUT2D eigenvalue weighted by Gasteiger charge is 2.52. The molecule has 188 valence electrons. The van der Waals surface area contributed by atoms with Crippen molar-refractivity contribution in [2.45, 2.75) is 30.5 Å². The fraction of sp³-hybridized carbons (Fsp3) is 0.391. The molecule has 0 bridgehead atoms. The zero-order valence-electron chi connectivity index (χ0n) is 19.0. The molecule has 0 aromatic heterocycles. The van der Waals surface area contributed by atoms with Crippen LogP contribution in [0.4, 0.5) is 0 Å². The zero-order valence-corrected chi connectivity index (χ0v) is 19.0. The molecule has 2 unspecified atom stereocenters. The number of aliphatic hydroxyl groups is 2. The Morgan fingerprint density at radius 2 is 1.71 bits per heavy atom. The van der Waals surface area contributed by atoms with Gasteiger partial charge in [-0.3, -0.25) is 0 Å². The van der Waals surface area contributed by atoms with Crippen molar-refractivity contribution < 1.29 is 58.4 Å². The van der Waals surface area contributed by atoms with E-state index in [9.17, 15) is 30.0 Å². The number of aromatic hydroxyl groups is 2. The van der Waals surface area contributed by atoms with Crippen LogP contribution in [0.1, 0.15) is 32.4 Å². The summed E-state index contributed by atoms with van der Waals surface area (Å²) in [5, 5.41) is 41.8. The van der Waals surface area contributed by atoms with E-state index in [1.165, 1.54) is 39.5 Å². The third-order valence-electron chi connectivity index (χ3n) is 5.91. The number of carbonyl (C=O) groups is 2. The maximum atomic E-state index is 12.6. The predicted octanol–water partition coefficient (Wildman–Crippen LogP) is 0.681. The van der Waals surface area contributed by atoms with Crippen molar-refractivity contribution in [3.63, 3.8) is 0 Å². The number of esters is 2. The maximum Gasteiger partial charge on any atom is 0.339 e. The summed E-state index contributed by atoms with van der Waals surface area (Å²) >= 11 is 0. The molecule has 4 rings (SSSR count). The number of carbonyl (C=O) groups excluding carboxylic acids is 2. The molecule has 0 radical (unpaired) electrons. The molecule has 4 N–H and O–H groups in total. The molecule has 12 nitrogen and oxygen atoms in total. The lowest BCUT2D eigenvalue weighted by atomic mass is 9.86. The highest BCUT2D eigenvalue weighted by molar-refractivity contribution is 5.95. The number of ether oxygens (including phenoxy) is 6. The van der Waals surface area contributed by atoms with E-state index in [-0.39, 0.29) is 22.4 Å². The van der Waals surface area contributed by atoms with Gasteiger partial charge in [-0.05, 0) is 24.3 Å². The van der Waals surface area contributed by atoms with Gasteiger partial charge in [0.25, 0.3) is 0 Å². The van der Waals surface area contributed by atoms with Gasteiger partial charge in [0, 0.05) is 5.56 Å². The third-order valence-corrected chi connectivity index (χ3v) is 5.91. The number of rotatable bonds is 6. The SMILES string of the molecule is COc1ccc(C(=O)OC[C@H]2OC3c4c(cc(O)c(OC)c4O)C(=O)OC3[C@@H](O)[C@@H]2O)cc1OC. The molecule has 1 saturated heterocycles. The Morgan fingerprint density at radius 3 is 2.37 bits per heavy atom. The van der Waals surface area contributed by atoms with Crippen LogP contribution in [-0.2, 0) is 14.2 Å². The van der Waals surface area contributed by atoms with Crippen LogP contribution in [0.3, 0.4) is 0 Å². The summed E-state index contributed by atoms with van der Waals surface area (Å²) in [6, 6.07) is 5.44. The van der Waals surface area contributed by atoms with E-state index in [1.807, 2.05) is 0 Å². The maximum absolute atomic E-state index is 12.6. The molecule has 2 heterocycles. The number of methoxy groups -OCH3 is 3. The average Bonchev–Trinajstić information content (AvgIpc) is 2.85. The second-order valence-electron chi connectivity index (χ2n) is 7.85. The number of fused-ring (bicyclic) bond motifs is 3. The van der Waals surface area contributed by atoms with Gasteiger partial charge < -0.3 is 48.8 Å². The van der Waals surface area contributed by atoms with Gasteiger partial charge in [0.1, 0.15) is 31.0 Å². The van der Waals surface area contributed by atoms with Crippen molar-refractivity contribution in [1.29, 1.82) is 0 Å². The lowest BCUT2D eigenvalue weighted by molar-refractivity contribution is -0.235. The van der Waals surface area contributed by atoms with Crippen LogP contribution in [0.5, 0.6) is 28.7 Å². The molecule has 12 heteroatoms. The minimum Gasteiger partial charge on any atom is -0.504 e. The number of aliphatic hydroxyl groups excluding tert-OH is 2. The number of benzene rings is 2. The fourth-order valence-corrected chi connectivity index (χ4v) is 4.14. The molecule has 0 saturated carbocycles. The number of phenols is 2. The second-order valence-corrected chi connectivity index (χ2v) is 7.85. The molecule has 0 amide bonds. The van der Waals surface area contributed by atoms with E-state index in [4.69, 9.17) is 28.4 Å². The summed E-state index contributed by atoms with van der Waals surface area (Å²) in [6.07, 6.45) is -7.10. The van der Waals surface area contributed by atoms with Gasteiger partial charge in [0.05, 0.1) is 32.5 Å². The fourth-order valence-electron chi connectivity index (χ4n) is 4.14. The highest BCUT2D eigenvalue weighted by Crippen LogP contribution is 2.49. The molecule has 2 aliphatic heterocycles. The molecule has 2 aromatic rings. The summed E-state index contributed by atoms with van der Waals surface area (Å²) in [5.74, 6) is -2.38. The minimum atomic E-state index is -1.63. The van der Waals surface area contributed by atoms with Crippen LogP contribution in [0.2, 0.25) is 0 Å². The molecule has 2 aliphatic rings. The van der Waals surface area contributed by atoms with Crippen LogP contribution in [0.15, 0.2) is 24.3 Å². The van der Waals surface area contributed by atoms with Crippen molar-refractivity contribution in [3.05, 3.63) is 41.0 Å². The quantitative estimate of drug-likeness (QED) is 0.417. The molecular formula is C23H24O12. The highest BCUT2D eigenvalue weighted by atomic mass is 16.6. The van der Waals surface area contributed by atoms with Gasteiger partial charge in [-0.2, -0.15) is 0 Å². The number of hydrogen-bond donors (Lipinski definition) is 4. The first kappa shape index (κ1) is 24.4. The molecular weight excluding hydrogens is 468 g/mol. The number of phenolic OH excluding ortho intramolecular Hbond substituents is 2. The summed E-state index contributed by atoms with van der Waals surface area (Å²) in [5.41, 5.74) is -0.157. The first-order chi connectivity index (χ1) is 16.7. The van der Waals surface area contributed by atoms with Crippen LogP contribution < -0.4 is 14.2 Å². The zero-order chi connectivity index (χ0) is 25.4. The average molecular weight is 492 g/mol. The summed E-state index contributed by atoms with van der Waals surface area (Å²) in [6.45, 7) is -0.478. The molecule has 0 spiro atoms. The van der Waals surface area contributed by atoms with Gasteiger partial charge in [-0.25, -0.2) is 9.59 Å². The van der Waals surface area contributed by atoms with Crippen molar-refractivity contribution in [1.82, 2.24) is 0 Å². The van der Waals surface area contributed by atoms with Gasteiger partial charge in [0.15, 0.2) is 29.1 Å². The van der Waals surface area contributed by atoms with E-state index < -0.39 is 60.6 Å². The standard InChI is InChI=1S/C23H24O12/c1-30-12-5-4-9(6-13(12)31-2)22(28)33-8-14-16(25)18(27)21-20(34-14)15-10(23(29)35-21)7-11(24)19(32-3)17(15)26/h4-7,14,16,18,20-21,24-27H,8H2,1-3H3/t14-,16-,18+,20?,21?/m1/s1. The van der Waals surface area contributed by atoms with Gasteiger partial charge in [0.2, 0.25) is 5.75 Å². The summed E-state index contributed by atoms with van der Waals surface area (Å²) in [7, 11) is 4.07. The van der Waals surface area contributed by atoms with E-state index in [1.54, 1.807) is 0 Å². The van der Waals surface area contributed by atoms with Gasteiger partial charge in [-0.15, -0.1) is 0 Å². The van der Waals surface area contributed by atoms with Crippen molar-refractivity contribution in [2.24, 2.45) is 0 Å². The lowest BCUT2D eigenvalue weighted by Gasteiger charge is -2.44. The normalized spacial score (nSPS) is 25.1. The molecule has 0 aliphatic carbocycles. The second kappa shape index (κ2) is 9.49. The Kier molecular flexibility index (Phi) is 6.61. The van der Waals surface area contributed by atoms with E-state index >= 15 is 0 Å². The topological polar surface area (TPSA) is 170 Å². The smallest absolute Gasteiger partial charge is 0.339 e.